The summed E-state index contributed by atoms with van der Waals surface area (Å²) >= 11 is 0. The van der Waals surface area contributed by atoms with E-state index in [1.54, 1.807) is 23.4 Å². The summed E-state index contributed by atoms with van der Waals surface area (Å²) in [7, 11) is 0. The van der Waals surface area contributed by atoms with Crippen LogP contribution in [-0.4, -0.2) is 41.2 Å². The van der Waals surface area contributed by atoms with Crippen molar-refractivity contribution in [2.45, 2.75) is 32.2 Å². The molecule has 4 rings (SSSR count). The Hall–Kier alpha value is -2.47. The summed E-state index contributed by atoms with van der Waals surface area (Å²) < 4.78 is 18.8. The van der Waals surface area contributed by atoms with Crippen molar-refractivity contribution >= 4 is 11.6 Å². The summed E-state index contributed by atoms with van der Waals surface area (Å²) in [5.74, 6) is 1.13. The number of halogens is 1. The Labute approximate surface area is 158 Å². The SMILES string of the molecule is CC1CCN(CC(=O)N2N=C(c3ccc(F)cc3)C[C@@H]2c2ccco2)CC1. The van der Waals surface area contributed by atoms with Gasteiger partial charge in [0.25, 0.3) is 5.91 Å². The van der Waals surface area contributed by atoms with Gasteiger partial charge in [-0.05, 0) is 61.7 Å². The Morgan fingerprint density at radius 3 is 2.63 bits per heavy atom. The highest BCUT2D eigenvalue weighted by Crippen LogP contribution is 2.33. The van der Waals surface area contributed by atoms with Crippen LogP contribution >= 0.6 is 0 Å². The van der Waals surface area contributed by atoms with Gasteiger partial charge in [-0.3, -0.25) is 9.69 Å². The number of hydrogen-bond donors (Lipinski definition) is 0. The third-order valence-electron chi connectivity index (χ3n) is 5.45. The van der Waals surface area contributed by atoms with Crippen LogP contribution in [-0.2, 0) is 4.79 Å². The number of carbonyl (C=O) groups excluding carboxylic acids is 1. The van der Waals surface area contributed by atoms with Crippen molar-refractivity contribution in [2.24, 2.45) is 11.0 Å². The van der Waals surface area contributed by atoms with E-state index in [9.17, 15) is 9.18 Å². The van der Waals surface area contributed by atoms with E-state index >= 15 is 0 Å². The molecule has 0 saturated carbocycles. The molecule has 1 aromatic heterocycles. The Morgan fingerprint density at radius 2 is 1.96 bits per heavy atom. The molecule has 0 bridgehead atoms. The van der Waals surface area contributed by atoms with Crippen molar-refractivity contribution in [1.82, 2.24) is 9.91 Å². The van der Waals surface area contributed by atoms with Gasteiger partial charge in [-0.25, -0.2) is 9.40 Å². The average molecular weight is 369 g/mol. The van der Waals surface area contributed by atoms with Crippen LogP contribution < -0.4 is 0 Å². The average Bonchev–Trinajstić information content (AvgIpc) is 3.33. The summed E-state index contributed by atoms with van der Waals surface area (Å²) in [5, 5.41) is 6.15. The molecule has 6 heteroatoms. The van der Waals surface area contributed by atoms with Crippen LogP contribution in [0.2, 0.25) is 0 Å². The summed E-state index contributed by atoms with van der Waals surface area (Å²) in [4.78, 5) is 15.2. The van der Waals surface area contributed by atoms with Gasteiger partial charge in [-0.15, -0.1) is 0 Å². The molecule has 1 fully saturated rings. The van der Waals surface area contributed by atoms with Crippen molar-refractivity contribution in [3.05, 3.63) is 59.8 Å². The van der Waals surface area contributed by atoms with Crippen LogP contribution in [0.5, 0.6) is 0 Å². The quantitative estimate of drug-likeness (QED) is 0.823. The molecular formula is C21H24FN3O2. The van der Waals surface area contributed by atoms with Crippen LogP contribution in [0.4, 0.5) is 4.39 Å². The van der Waals surface area contributed by atoms with Crippen LogP contribution in [0.15, 0.2) is 52.2 Å². The first-order chi connectivity index (χ1) is 13.1. The molecule has 142 valence electrons. The van der Waals surface area contributed by atoms with Gasteiger partial charge in [0.2, 0.25) is 0 Å². The van der Waals surface area contributed by atoms with Gasteiger partial charge in [0.15, 0.2) is 0 Å². The Morgan fingerprint density at radius 1 is 1.22 bits per heavy atom. The van der Waals surface area contributed by atoms with Crippen LogP contribution in [0.25, 0.3) is 0 Å². The minimum Gasteiger partial charge on any atom is -0.467 e. The highest BCUT2D eigenvalue weighted by Gasteiger charge is 2.35. The molecule has 2 aliphatic heterocycles. The van der Waals surface area contributed by atoms with Crippen molar-refractivity contribution in [3.8, 4) is 0 Å². The first-order valence-corrected chi connectivity index (χ1v) is 9.51. The molecule has 0 N–H and O–H groups in total. The van der Waals surface area contributed by atoms with Gasteiger partial charge >= 0.3 is 0 Å². The van der Waals surface area contributed by atoms with E-state index in [1.807, 2.05) is 12.1 Å². The lowest BCUT2D eigenvalue weighted by Crippen LogP contribution is -2.41. The highest BCUT2D eigenvalue weighted by molar-refractivity contribution is 6.03. The van der Waals surface area contributed by atoms with Gasteiger partial charge < -0.3 is 4.42 Å². The van der Waals surface area contributed by atoms with Gasteiger partial charge in [0.1, 0.15) is 17.6 Å². The summed E-state index contributed by atoms with van der Waals surface area (Å²) in [6.07, 6.45) is 4.42. The topological polar surface area (TPSA) is 49.1 Å². The number of hydrazone groups is 1. The maximum atomic E-state index is 13.2. The number of carbonyl (C=O) groups is 1. The normalized spacial score (nSPS) is 21.5. The lowest BCUT2D eigenvalue weighted by molar-refractivity contribution is -0.134. The van der Waals surface area contributed by atoms with Gasteiger partial charge in [-0.2, -0.15) is 5.10 Å². The fourth-order valence-corrected chi connectivity index (χ4v) is 3.74. The number of amides is 1. The van der Waals surface area contributed by atoms with E-state index in [0.717, 1.165) is 48.9 Å². The second-order valence-corrected chi connectivity index (χ2v) is 7.49. The standard InChI is InChI=1S/C21H24FN3O2/c1-15-8-10-24(11-9-15)14-21(26)25-19(20-3-2-12-27-20)13-18(23-25)16-4-6-17(22)7-5-16/h2-7,12,15,19H,8-11,13-14H2,1H3/t19-/m1/s1. The van der Waals surface area contributed by atoms with E-state index < -0.39 is 0 Å². The maximum absolute atomic E-state index is 13.2. The predicted molar refractivity (Wildman–Crippen MR) is 101 cm³/mol. The molecule has 3 heterocycles. The van der Waals surface area contributed by atoms with Gasteiger partial charge in [-0.1, -0.05) is 19.1 Å². The first kappa shape index (κ1) is 17.9. The molecule has 0 spiro atoms. The molecule has 0 unspecified atom stereocenters. The molecule has 0 radical (unpaired) electrons. The molecule has 2 aromatic rings. The third-order valence-corrected chi connectivity index (χ3v) is 5.45. The summed E-state index contributed by atoms with van der Waals surface area (Å²) in [5.41, 5.74) is 1.60. The number of rotatable bonds is 4. The minimum absolute atomic E-state index is 0.0249. The molecule has 0 aliphatic carbocycles. The molecule has 1 atom stereocenters. The predicted octanol–water partition coefficient (Wildman–Crippen LogP) is 3.83. The van der Waals surface area contributed by atoms with Crippen molar-refractivity contribution in [1.29, 1.82) is 0 Å². The van der Waals surface area contributed by atoms with Crippen LogP contribution in [0, 0.1) is 11.7 Å². The Balaban J connectivity index is 1.54. The molecule has 1 saturated heterocycles. The molecule has 1 aromatic carbocycles. The molecule has 2 aliphatic rings. The lowest BCUT2D eigenvalue weighted by atomic mass is 9.99. The minimum atomic E-state index is -0.285. The lowest BCUT2D eigenvalue weighted by Gasteiger charge is -2.31. The number of benzene rings is 1. The number of hydrogen-bond acceptors (Lipinski definition) is 4. The van der Waals surface area contributed by atoms with E-state index in [1.165, 1.54) is 12.1 Å². The summed E-state index contributed by atoms with van der Waals surface area (Å²) in [6.45, 7) is 4.51. The van der Waals surface area contributed by atoms with Gasteiger partial charge in [0, 0.05) is 6.42 Å². The summed E-state index contributed by atoms with van der Waals surface area (Å²) in [6, 6.07) is 9.67. The number of piperidine rings is 1. The number of furan rings is 1. The van der Waals surface area contributed by atoms with Gasteiger partial charge in [0.05, 0.1) is 18.5 Å². The van der Waals surface area contributed by atoms with Crippen molar-refractivity contribution in [2.75, 3.05) is 19.6 Å². The zero-order chi connectivity index (χ0) is 18.8. The monoisotopic (exact) mass is 369 g/mol. The zero-order valence-electron chi connectivity index (χ0n) is 15.5. The van der Waals surface area contributed by atoms with E-state index in [0.29, 0.717) is 13.0 Å². The fourth-order valence-electron chi connectivity index (χ4n) is 3.74. The van der Waals surface area contributed by atoms with E-state index in [-0.39, 0.29) is 17.8 Å². The third kappa shape index (κ3) is 3.95. The second-order valence-electron chi connectivity index (χ2n) is 7.49. The van der Waals surface area contributed by atoms with E-state index in [4.69, 9.17) is 4.42 Å². The molecule has 5 nitrogen and oxygen atoms in total. The Kier molecular flexibility index (Phi) is 5.07. The smallest absolute Gasteiger partial charge is 0.257 e. The van der Waals surface area contributed by atoms with Crippen molar-refractivity contribution < 1.29 is 13.6 Å². The van der Waals surface area contributed by atoms with E-state index in [2.05, 4.69) is 16.9 Å². The number of likely N-dealkylation sites (tertiary alicyclic amines) is 1. The number of nitrogens with zero attached hydrogens (tertiary/aromatic N) is 3. The maximum Gasteiger partial charge on any atom is 0.257 e. The molecule has 1 amide bonds. The largest absolute Gasteiger partial charge is 0.467 e. The van der Waals surface area contributed by atoms with Crippen LogP contribution in [0.1, 0.15) is 43.6 Å². The van der Waals surface area contributed by atoms with Crippen molar-refractivity contribution in [3.63, 3.8) is 0 Å². The van der Waals surface area contributed by atoms with Crippen LogP contribution in [0.3, 0.4) is 0 Å². The zero-order valence-corrected chi connectivity index (χ0v) is 15.5. The first-order valence-electron chi connectivity index (χ1n) is 9.51. The Bertz CT molecular complexity index is 808. The second kappa shape index (κ2) is 7.64. The fraction of sp³-hybridized carbons (Fsp3) is 0.429. The highest BCUT2D eigenvalue weighted by atomic mass is 19.1. The molecule has 27 heavy (non-hydrogen) atoms. The molecular weight excluding hydrogens is 345 g/mol.